The first-order valence-corrected chi connectivity index (χ1v) is 9.16. The summed E-state index contributed by atoms with van der Waals surface area (Å²) in [6, 6.07) is 11.0. The summed E-state index contributed by atoms with van der Waals surface area (Å²) < 4.78 is 13.3. The van der Waals surface area contributed by atoms with E-state index in [1.54, 1.807) is 24.3 Å². The predicted octanol–water partition coefficient (Wildman–Crippen LogP) is 3.39. The number of amides is 2. The van der Waals surface area contributed by atoms with Crippen LogP contribution >= 0.6 is 0 Å². The number of nitrogens with two attached hydrogens (primary N) is 1. The second-order valence-corrected chi connectivity index (χ2v) is 7.08. The number of rotatable bonds is 4. The summed E-state index contributed by atoms with van der Waals surface area (Å²) in [5.41, 5.74) is 8.04. The third kappa shape index (κ3) is 4.92. The predicted molar refractivity (Wildman–Crippen MR) is 103 cm³/mol. The van der Waals surface area contributed by atoms with E-state index >= 15 is 0 Å². The zero-order valence-electron chi connectivity index (χ0n) is 15.3. The van der Waals surface area contributed by atoms with Crippen LogP contribution in [0.25, 0.3) is 0 Å². The molecular weight excluding hydrogens is 345 g/mol. The van der Waals surface area contributed by atoms with E-state index in [9.17, 15) is 14.0 Å². The number of nitrogens with one attached hydrogen (secondary N) is 2. The number of carbonyl (C=O) groups excluding carboxylic acids is 2. The monoisotopic (exact) mass is 369 g/mol. The van der Waals surface area contributed by atoms with Gasteiger partial charge in [-0.2, -0.15) is 0 Å². The smallest absolute Gasteiger partial charge is 0.255 e. The van der Waals surface area contributed by atoms with E-state index in [2.05, 4.69) is 10.6 Å². The highest BCUT2D eigenvalue weighted by Crippen LogP contribution is 2.20. The van der Waals surface area contributed by atoms with Crippen molar-refractivity contribution < 1.29 is 14.0 Å². The molecule has 0 spiro atoms. The molecule has 142 valence electrons. The molecule has 0 atom stereocenters. The largest absolute Gasteiger partial charge is 0.349 e. The van der Waals surface area contributed by atoms with Gasteiger partial charge in [0.25, 0.3) is 11.8 Å². The summed E-state index contributed by atoms with van der Waals surface area (Å²) in [5.74, 6) is -0.981. The average molecular weight is 369 g/mol. The van der Waals surface area contributed by atoms with Gasteiger partial charge < -0.3 is 16.4 Å². The molecule has 1 saturated carbocycles. The number of anilines is 1. The van der Waals surface area contributed by atoms with Gasteiger partial charge in [0.2, 0.25) is 0 Å². The van der Waals surface area contributed by atoms with Crippen molar-refractivity contribution in [1.82, 2.24) is 5.32 Å². The van der Waals surface area contributed by atoms with Gasteiger partial charge in [0.05, 0.1) is 0 Å². The van der Waals surface area contributed by atoms with Crippen molar-refractivity contribution in [2.75, 3.05) is 5.32 Å². The van der Waals surface area contributed by atoms with Crippen molar-refractivity contribution in [2.45, 2.75) is 44.7 Å². The van der Waals surface area contributed by atoms with Crippen LogP contribution in [0.2, 0.25) is 0 Å². The lowest BCUT2D eigenvalue weighted by Gasteiger charge is -2.26. The summed E-state index contributed by atoms with van der Waals surface area (Å²) in [4.78, 5) is 24.7. The normalized spacial score (nSPS) is 19.4. The highest BCUT2D eigenvalue weighted by atomic mass is 19.1. The molecule has 0 saturated heterocycles. The van der Waals surface area contributed by atoms with E-state index in [0.29, 0.717) is 11.3 Å². The Morgan fingerprint density at radius 2 is 1.70 bits per heavy atom. The maximum absolute atomic E-state index is 13.3. The maximum Gasteiger partial charge on any atom is 0.255 e. The van der Waals surface area contributed by atoms with Gasteiger partial charge in [0, 0.05) is 28.9 Å². The van der Waals surface area contributed by atoms with Gasteiger partial charge in [-0.05, 0) is 74.6 Å². The van der Waals surface area contributed by atoms with Crippen LogP contribution in [0.1, 0.15) is 52.0 Å². The number of hydrogen-bond acceptors (Lipinski definition) is 3. The molecular formula is C21H24FN3O2. The Bertz CT molecular complexity index is 845. The summed E-state index contributed by atoms with van der Waals surface area (Å²) in [5, 5.41) is 5.81. The summed E-state index contributed by atoms with van der Waals surface area (Å²) in [6.45, 7) is 1.82. The van der Waals surface area contributed by atoms with Gasteiger partial charge in [0.1, 0.15) is 5.82 Å². The third-order valence-corrected chi connectivity index (χ3v) is 4.93. The molecule has 0 unspecified atom stereocenters. The quantitative estimate of drug-likeness (QED) is 0.772. The Hall–Kier alpha value is -2.73. The molecule has 0 heterocycles. The molecule has 5 nitrogen and oxygen atoms in total. The first-order chi connectivity index (χ1) is 12.9. The van der Waals surface area contributed by atoms with Crippen molar-refractivity contribution in [3.63, 3.8) is 0 Å². The molecule has 27 heavy (non-hydrogen) atoms. The molecule has 0 aromatic heterocycles. The van der Waals surface area contributed by atoms with Crippen LogP contribution < -0.4 is 16.4 Å². The molecule has 1 aliphatic rings. The van der Waals surface area contributed by atoms with Gasteiger partial charge >= 0.3 is 0 Å². The zero-order chi connectivity index (χ0) is 19.4. The Kier molecular flexibility index (Phi) is 5.86. The maximum atomic E-state index is 13.3. The standard InChI is InChI=1S/C21H24FN3O2/c1-13-11-15(20(26)24-18-8-6-17(23)7-9-18)5-10-19(13)25-21(27)14-3-2-4-16(22)12-14/h2-5,10-12,17-18H,6-9,23H2,1H3,(H,24,26)(H,25,27). The number of carbonyl (C=O) groups is 2. The Morgan fingerprint density at radius 3 is 2.37 bits per heavy atom. The van der Waals surface area contributed by atoms with Crippen molar-refractivity contribution in [1.29, 1.82) is 0 Å². The van der Waals surface area contributed by atoms with E-state index in [1.807, 2.05) is 6.92 Å². The molecule has 6 heteroatoms. The summed E-state index contributed by atoms with van der Waals surface area (Å²) in [7, 11) is 0. The number of halogens is 1. The summed E-state index contributed by atoms with van der Waals surface area (Å²) >= 11 is 0. The molecule has 0 bridgehead atoms. The number of hydrogen-bond donors (Lipinski definition) is 3. The highest BCUT2D eigenvalue weighted by Gasteiger charge is 2.21. The average Bonchev–Trinajstić information content (AvgIpc) is 2.65. The van der Waals surface area contributed by atoms with E-state index in [-0.39, 0.29) is 23.6 Å². The molecule has 1 fully saturated rings. The van der Waals surface area contributed by atoms with Crippen LogP contribution in [-0.2, 0) is 0 Å². The SMILES string of the molecule is Cc1cc(C(=O)NC2CCC(N)CC2)ccc1NC(=O)c1cccc(F)c1. The Labute approximate surface area is 158 Å². The Balaban J connectivity index is 1.64. The zero-order valence-corrected chi connectivity index (χ0v) is 15.3. The Morgan fingerprint density at radius 1 is 1.00 bits per heavy atom. The van der Waals surface area contributed by atoms with Gasteiger partial charge in [-0.25, -0.2) is 4.39 Å². The van der Waals surface area contributed by atoms with Crippen LogP contribution in [0, 0.1) is 12.7 Å². The molecule has 1 aliphatic carbocycles. The van der Waals surface area contributed by atoms with Crippen LogP contribution in [-0.4, -0.2) is 23.9 Å². The molecule has 0 radical (unpaired) electrons. The fourth-order valence-corrected chi connectivity index (χ4v) is 3.30. The summed E-state index contributed by atoms with van der Waals surface area (Å²) in [6.07, 6.45) is 3.64. The minimum absolute atomic E-state index is 0.124. The molecule has 2 aromatic carbocycles. The number of aryl methyl sites for hydroxylation is 1. The minimum Gasteiger partial charge on any atom is -0.349 e. The van der Waals surface area contributed by atoms with Crippen molar-refractivity contribution >= 4 is 17.5 Å². The molecule has 0 aliphatic heterocycles. The van der Waals surface area contributed by atoms with Gasteiger partial charge in [0.15, 0.2) is 0 Å². The molecule has 4 N–H and O–H groups in total. The molecule has 2 amide bonds. The highest BCUT2D eigenvalue weighted by molar-refractivity contribution is 6.05. The minimum atomic E-state index is -0.463. The fourth-order valence-electron chi connectivity index (χ4n) is 3.30. The first-order valence-electron chi connectivity index (χ1n) is 9.16. The van der Waals surface area contributed by atoms with Crippen LogP contribution in [0.4, 0.5) is 10.1 Å². The van der Waals surface area contributed by atoms with E-state index in [4.69, 9.17) is 5.73 Å². The lowest BCUT2D eigenvalue weighted by molar-refractivity contribution is 0.0925. The van der Waals surface area contributed by atoms with Gasteiger partial charge in [-0.1, -0.05) is 6.07 Å². The van der Waals surface area contributed by atoms with Gasteiger partial charge in [-0.15, -0.1) is 0 Å². The first kappa shape index (κ1) is 19.0. The number of benzene rings is 2. The third-order valence-electron chi connectivity index (χ3n) is 4.93. The molecule has 3 rings (SSSR count). The second kappa shape index (κ2) is 8.31. The van der Waals surface area contributed by atoms with Crippen LogP contribution in [0.5, 0.6) is 0 Å². The van der Waals surface area contributed by atoms with Crippen molar-refractivity contribution in [2.24, 2.45) is 5.73 Å². The van der Waals surface area contributed by atoms with Crippen molar-refractivity contribution in [3.05, 3.63) is 65.0 Å². The lowest BCUT2D eigenvalue weighted by atomic mass is 9.91. The lowest BCUT2D eigenvalue weighted by Crippen LogP contribution is -2.40. The topological polar surface area (TPSA) is 84.2 Å². The van der Waals surface area contributed by atoms with E-state index in [1.165, 1.54) is 18.2 Å². The van der Waals surface area contributed by atoms with Gasteiger partial charge in [-0.3, -0.25) is 9.59 Å². The second-order valence-electron chi connectivity index (χ2n) is 7.08. The van der Waals surface area contributed by atoms with E-state index in [0.717, 1.165) is 31.2 Å². The fraction of sp³-hybridized carbons (Fsp3) is 0.333. The van der Waals surface area contributed by atoms with E-state index < -0.39 is 11.7 Å². The van der Waals surface area contributed by atoms with Crippen LogP contribution in [0.15, 0.2) is 42.5 Å². The van der Waals surface area contributed by atoms with Crippen molar-refractivity contribution in [3.8, 4) is 0 Å². The van der Waals surface area contributed by atoms with Crippen LogP contribution in [0.3, 0.4) is 0 Å². The molecule has 2 aromatic rings.